The Morgan fingerprint density at radius 2 is 1.69 bits per heavy atom. The largest absolute Gasteiger partial charge is 0.334 e. The van der Waals surface area contributed by atoms with Gasteiger partial charge in [-0.15, -0.1) is 0 Å². The number of carbonyl (C=O) groups excluding carboxylic acids is 3. The van der Waals surface area contributed by atoms with Crippen LogP contribution in [0, 0.1) is 5.41 Å². The van der Waals surface area contributed by atoms with E-state index >= 15 is 0 Å². The lowest BCUT2D eigenvalue weighted by atomic mass is 9.63. The average molecular weight is 224 g/mol. The molecular formula is C11H16N2O3. The van der Waals surface area contributed by atoms with Crippen molar-refractivity contribution >= 4 is 17.8 Å². The van der Waals surface area contributed by atoms with Gasteiger partial charge in [0, 0.05) is 13.8 Å². The maximum Gasteiger partial charge on any atom is 0.334 e. The molecule has 2 rings (SSSR count). The van der Waals surface area contributed by atoms with Crippen molar-refractivity contribution in [2.75, 3.05) is 0 Å². The number of carbonyl (C=O) groups is 3. The van der Waals surface area contributed by atoms with Gasteiger partial charge in [-0.05, 0) is 11.8 Å². The van der Waals surface area contributed by atoms with Crippen molar-refractivity contribution in [3.63, 3.8) is 0 Å². The standard InChI is InChI=1S/C11H16N2O3/c1-6(14)12-8-5-11(3,4)9(8)13(7(2)15)10(12)16/h8-9H,5H2,1-4H3. The van der Waals surface area contributed by atoms with E-state index in [9.17, 15) is 14.4 Å². The van der Waals surface area contributed by atoms with E-state index in [0.717, 1.165) is 6.42 Å². The summed E-state index contributed by atoms with van der Waals surface area (Å²) in [5.41, 5.74) is -0.0871. The van der Waals surface area contributed by atoms with Crippen LogP contribution in [0.25, 0.3) is 0 Å². The zero-order chi connectivity index (χ0) is 12.2. The van der Waals surface area contributed by atoms with Crippen molar-refractivity contribution in [2.24, 2.45) is 5.41 Å². The molecule has 0 aromatic carbocycles. The molecule has 1 saturated carbocycles. The number of urea groups is 1. The van der Waals surface area contributed by atoms with Gasteiger partial charge in [-0.2, -0.15) is 0 Å². The molecule has 0 spiro atoms. The second-order valence-corrected chi connectivity index (χ2v) is 5.27. The van der Waals surface area contributed by atoms with Crippen LogP contribution in [0.2, 0.25) is 0 Å². The van der Waals surface area contributed by atoms with Crippen LogP contribution < -0.4 is 0 Å². The summed E-state index contributed by atoms with van der Waals surface area (Å²) in [5.74, 6) is -0.559. The van der Waals surface area contributed by atoms with E-state index in [1.54, 1.807) is 0 Å². The minimum Gasteiger partial charge on any atom is -0.275 e. The van der Waals surface area contributed by atoms with Gasteiger partial charge in [-0.25, -0.2) is 4.79 Å². The van der Waals surface area contributed by atoms with Gasteiger partial charge in [0.1, 0.15) is 0 Å². The number of rotatable bonds is 0. The van der Waals surface area contributed by atoms with Crippen molar-refractivity contribution in [3.8, 4) is 0 Å². The van der Waals surface area contributed by atoms with Crippen LogP contribution in [0.3, 0.4) is 0 Å². The topological polar surface area (TPSA) is 57.7 Å². The highest BCUT2D eigenvalue weighted by Gasteiger charge is 2.62. The molecule has 0 N–H and O–H groups in total. The molecule has 2 unspecified atom stereocenters. The molecule has 2 atom stereocenters. The molecule has 2 fully saturated rings. The van der Waals surface area contributed by atoms with Crippen LogP contribution in [0.4, 0.5) is 4.79 Å². The zero-order valence-electron chi connectivity index (χ0n) is 9.98. The predicted molar refractivity (Wildman–Crippen MR) is 56.4 cm³/mol. The molecular weight excluding hydrogens is 208 g/mol. The Balaban J connectivity index is 2.38. The van der Waals surface area contributed by atoms with Gasteiger partial charge in [0.25, 0.3) is 0 Å². The molecule has 4 amide bonds. The molecule has 5 nitrogen and oxygen atoms in total. The van der Waals surface area contributed by atoms with Crippen molar-refractivity contribution in [3.05, 3.63) is 0 Å². The fourth-order valence-corrected chi connectivity index (χ4v) is 2.96. The van der Waals surface area contributed by atoms with E-state index < -0.39 is 6.03 Å². The molecule has 0 radical (unpaired) electrons. The second kappa shape index (κ2) is 3.06. The van der Waals surface area contributed by atoms with E-state index in [-0.39, 0.29) is 29.3 Å². The Bertz CT molecular complexity index is 389. The molecule has 16 heavy (non-hydrogen) atoms. The third-order valence-electron chi connectivity index (χ3n) is 3.60. The minimum absolute atomic E-state index is 0.0871. The number of amides is 4. The summed E-state index contributed by atoms with van der Waals surface area (Å²) < 4.78 is 0. The summed E-state index contributed by atoms with van der Waals surface area (Å²) in [6.07, 6.45) is 0.771. The summed E-state index contributed by atoms with van der Waals surface area (Å²) in [5, 5.41) is 0. The summed E-state index contributed by atoms with van der Waals surface area (Å²) >= 11 is 0. The summed E-state index contributed by atoms with van der Waals surface area (Å²) in [4.78, 5) is 37.3. The van der Waals surface area contributed by atoms with Crippen LogP contribution in [-0.4, -0.2) is 39.7 Å². The number of hydrogen-bond donors (Lipinski definition) is 0. The Morgan fingerprint density at radius 3 is 2.00 bits per heavy atom. The number of hydrogen-bond acceptors (Lipinski definition) is 3. The molecule has 1 heterocycles. The fourth-order valence-electron chi connectivity index (χ4n) is 2.96. The first-order valence-electron chi connectivity index (χ1n) is 5.41. The van der Waals surface area contributed by atoms with Gasteiger partial charge in [-0.3, -0.25) is 19.4 Å². The summed E-state index contributed by atoms with van der Waals surface area (Å²) in [7, 11) is 0. The monoisotopic (exact) mass is 224 g/mol. The minimum atomic E-state index is -0.458. The van der Waals surface area contributed by atoms with E-state index in [4.69, 9.17) is 0 Å². The van der Waals surface area contributed by atoms with E-state index in [2.05, 4.69) is 0 Å². The van der Waals surface area contributed by atoms with Crippen LogP contribution in [0.5, 0.6) is 0 Å². The van der Waals surface area contributed by atoms with Gasteiger partial charge in [-0.1, -0.05) is 13.8 Å². The third-order valence-corrected chi connectivity index (χ3v) is 3.60. The van der Waals surface area contributed by atoms with Crippen molar-refractivity contribution in [2.45, 2.75) is 46.2 Å². The van der Waals surface area contributed by atoms with Crippen LogP contribution in [0.15, 0.2) is 0 Å². The third kappa shape index (κ3) is 1.20. The first kappa shape index (κ1) is 11.1. The Morgan fingerprint density at radius 1 is 1.19 bits per heavy atom. The molecule has 0 aromatic heterocycles. The van der Waals surface area contributed by atoms with Gasteiger partial charge in [0.05, 0.1) is 12.1 Å². The maximum absolute atomic E-state index is 11.9. The Kier molecular flexibility index (Phi) is 2.12. The maximum atomic E-state index is 11.9. The fraction of sp³-hybridized carbons (Fsp3) is 0.727. The Hall–Kier alpha value is -1.39. The first-order chi connectivity index (χ1) is 7.27. The smallest absolute Gasteiger partial charge is 0.275 e. The van der Waals surface area contributed by atoms with E-state index in [1.807, 2.05) is 13.8 Å². The first-order valence-corrected chi connectivity index (χ1v) is 5.41. The molecule has 2 aliphatic rings. The number of nitrogens with zero attached hydrogens (tertiary/aromatic N) is 2. The lowest BCUT2D eigenvalue weighted by Crippen LogP contribution is -2.60. The van der Waals surface area contributed by atoms with Gasteiger partial charge in [0.2, 0.25) is 11.8 Å². The molecule has 88 valence electrons. The highest BCUT2D eigenvalue weighted by Crippen LogP contribution is 2.50. The number of fused-ring (bicyclic) bond motifs is 1. The highest BCUT2D eigenvalue weighted by atomic mass is 16.2. The van der Waals surface area contributed by atoms with Crippen molar-refractivity contribution in [1.29, 1.82) is 0 Å². The second-order valence-electron chi connectivity index (χ2n) is 5.27. The predicted octanol–water partition coefficient (Wildman–Crippen LogP) is 0.984. The van der Waals surface area contributed by atoms with Crippen LogP contribution in [-0.2, 0) is 9.59 Å². The van der Waals surface area contributed by atoms with Crippen LogP contribution in [0.1, 0.15) is 34.1 Å². The quantitative estimate of drug-likeness (QED) is 0.616. The molecule has 0 aromatic rings. The molecule has 1 aliphatic carbocycles. The average Bonchev–Trinajstić information content (AvgIpc) is 2.35. The van der Waals surface area contributed by atoms with Gasteiger partial charge < -0.3 is 0 Å². The zero-order valence-corrected chi connectivity index (χ0v) is 9.98. The summed E-state index contributed by atoms with van der Waals surface area (Å²) in [6.45, 7) is 6.76. The lowest BCUT2D eigenvalue weighted by Gasteiger charge is -2.49. The molecule has 0 bridgehead atoms. The van der Waals surface area contributed by atoms with Gasteiger partial charge in [0.15, 0.2) is 0 Å². The SMILES string of the molecule is CC(=O)N1C(=O)N(C(C)=O)C2C1CC2(C)C. The van der Waals surface area contributed by atoms with Crippen LogP contribution >= 0.6 is 0 Å². The molecule has 5 heteroatoms. The van der Waals surface area contributed by atoms with Crippen molar-refractivity contribution in [1.82, 2.24) is 9.80 Å². The lowest BCUT2D eigenvalue weighted by molar-refractivity contribution is -0.134. The Labute approximate surface area is 94.4 Å². The van der Waals surface area contributed by atoms with E-state index in [1.165, 1.54) is 23.6 Å². The van der Waals surface area contributed by atoms with Gasteiger partial charge >= 0.3 is 6.03 Å². The normalized spacial score (nSPS) is 31.1. The number of imide groups is 2. The van der Waals surface area contributed by atoms with Crippen molar-refractivity contribution < 1.29 is 14.4 Å². The molecule has 1 saturated heterocycles. The highest BCUT2D eigenvalue weighted by molar-refractivity contribution is 6.04. The summed E-state index contributed by atoms with van der Waals surface area (Å²) in [6, 6.07) is -0.731. The molecule has 1 aliphatic heterocycles. The van der Waals surface area contributed by atoms with E-state index in [0.29, 0.717) is 0 Å².